The summed E-state index contributed by atoms with van der Waals surface area (Å²) in [5.41, 5.74) is 3.97. The van der Waals surface area contributed by atoms with Crippen molar-refractivity contribution in [2.24, 2.45) is 0 Å². The highest BCUT2D eigenvalue weighted by Gasteiger charge is 2.14. The first-order valence-corrected chi connectivity index (χ1v) is 7.52. The number of thiophene rings is 1. The van der Waals surface area contributed by atoms with Crippen LogP contribution in [-0.4, -0.2) is 14.1 Å². The lowest BCUT2D eigenvalue weighted by molar-refractivity contribution is 0.750. The molecule has 0 fully saturated rings. The summed E-state index contributed by atoms with van der Waals surface area (Å²) in [5.74, 6) is 0. The van der Waals surface area contributed by atoms with E-state index in [1.165, 1.54) is 21.7 Å². The van der Waals surface area contributed by atoms with Crippen molar-refractivity contribution < 1.29 is 0 Å². The summed E-state index contributed by atoms with van der Waals surface area (Å²) < 4.78 is 0. The molecule has 0 aliphatic heterocycles. The summed E-state index contributed by atoms with van der Waals surface area (Å²) in [6.45, 7) is 5.37. The second-order valence-electron chi connectivity index (χ2n) is 4.95. The molecule has 1 heterocycles. The monoisotopic (exact) mass is 274 g/mol. The minimum absolute atomic E-state index is 0.411. The Hall–Kier alpha value is -1.32. The van der Waals surface area contributed by atoms with E-state index in [-0.39, 0.29) is 0 Å². The molecule has 0 spiro atoms. The Morgan fingerprint density at radius 3 is 2.68 bits per heavy atom. The van der Waals surface area contributed by atoms with E-state index in [1.54, 1.807) is 0 Å². The fourth-order valence-electron chi connectivity index (χ4n) is 2.36. The lowest BCUT2D eigenvalue weighted by Gasteiger charge is -2.28. The fourth-order valence-corrected chi connectivity index (χ4v) is 3.18. The Bertz CT molecular complexity index is 520. The number of nitrogens with one attached hydrogen (secondary N) is 1. The first-order valence-electron chi connectivity index (χ1n) is 6.64. The maximum Gasteiger partial charge on any atom is 0.0603 e. The average molecular weight is 274 g/mol. The number of benzene rings is 1. The largest absolute Gasteiger partial charge is 0.367 e. The zero-order valence-corrected chi connectivity index (χ0v) is 12.9. The van der Waals surface area contributed by atoms with Gasteiger partial charge in [0.25, 0.3) is 0 Å². The normalized spacial score (nSPS) is 12.4. The van der Waals surface area contributed by atoms with Crippen LogP contribution < -0.4 is 10.2 Å². The third-order valence-corrected chi connectivity index (χ3v) is 4.60. The minimum atomic E-state index is 0.411. The Balaban J connectivity index is 2.21. The molecule has 102 valence electrons. The van der Waals surface area contributed by atoms with Gasteiger partial charge in [0.05, 0.1) is 6.04 Å². The molecule has 1 aromatic carbocycles. The Labute approximate surface area is 120 Å². The van der Waals surface area contributed by atoms with Crippen LogP contribution in [0, 0.1) is 6.92 Å². The molecular weight excluding hydrogens is 252 g/mol. The van der Waals surface area contributed by atoms with Gasteiger partial charge in [-0.1, -0.05) is 18.2 Å². The number of hydrogen-bond acceptors (Lipinski definition) is 3. The fraction of sp³-hybridized carbons (Fsp3) is 0.375. The Morgan fingerprint density at radius 1 is 1.32 bits per heavy atom. The van der Waals surface area contributed by atoms with E-state index in [4.69, 9.17) is 0 Å². The standard InChI is InChI=1S/C16H22N2S/c1-12-10-14(11-17-3)7-8-15(12)18(4)13(2)16-6-5-9-19-16/h5-10,13,17H,11H2,1-4H3. The summed E-state index contributed by atoms with van der Waals surface area (Å²) >= 11 is 1.82. The third-order valence-electron chi connectivity index (χ3n) is 3.56. The molecule has 0 saturated carbocycles. The minimum Gasteiger partial charge on any atom is -0.367 e. The van der Waals surface area contributed by atoms with E-state index < -0.39 is 0 Å². The SMILES string of the molecule is CNCc1ccc(N(C)C(C)c2cccs2)c(C)c1. The van der Waals surface area contributed by atoms with Crippen LogP contribution in [-0.2, 0) is 6.54 Å². The molecule has 0 saturated heterocycles. The second kappa shape index (κ2) is 6.22. The van der Waals surface area contributed by atoms with E-state index in [9.17, 15) is 0 Å². The predicted octanol–water partition coefficient (Wildman–Crippen LogP) is 3.97. The van der Waals surface area contributed by atoms with Gasteiger partial charge in [-0.2, -0.15) is 0 Å². The average Bonchev–Trinajstić information content (AvgIpc) is 2.91. The third kappa shape index (κ3) is 3.17. The summed E-state index contributed by atoms with van der Waals surface area (Å²) in [7, 11) is 4.15. The summed E-state index contributed by atoms with van der Waals surface area (Å²) in [4.78, 5) is 3.76. The zero-order valence-electron chi connectivity index (χ0n) is 12.1. The molecule has 0 radical (unpaired) electrons. The maximum atomic E-state index is 3.19. The molecule has 0 aliphatic carbocycles. The predicted molar refractivity (Wildman–Crippen MR) is 85.1 cm³/mol. The molecule has 19 heavy (non-hydrogen) atoms. The maximum absolute atomic E-state index is 3.19. The van der Waals surface area contributed by atoms with Gasteiger partial charge in [-0.3, -0.25) is 0 Å². The van der Waals surface area contributed by atoms with Gasteiger partial charge in [-0.25, -0.2) is 0 Å². The van der Waals surface area contributed by atoms with Crippen molar-refractivity contribution in [3.05, 3.63) is 51.7 Å². The van der Waals surface area contributed by atoms with Crippen LogP contribution in [0.5, 0.6) is 0 Å². The van der Waals surface area contributed by atoms with Crippen LogP contribution >= 0.6 is 11.3 Å². The van der Waals surface area contributed by atoms with Gasteiger partial charge in [0.1, 0.15) is 0 Å². The van der Waals surface area contributed by atoms with Gasteiger partial charge in [0.15, 0.2) is 0 Å². The van der Waals surface area contributed by atoms with Crippen LogP contribution in [0.1, 0.15) is 29.0 Å². The van der Waals surface area contributed by atoms with Crippen molar-refractivity contribution in [2.45, 2.75) is 26.4 Å². The highest BCUT2D eigenvalue weighted by atomic mass is 32.1. The number of rotatable bonds is 5. The van der Waals surface area contributed by atoms with Crippen LogP contribution in [0.25, 0.3) is 0 Å². The van der Waals surface area contributed by atoms with Crippen molar-refractivity contribution in [3.63, 3.8) is 0 Å². The molecular formula is C16H22N2S. The molecule has 2 nitrogen and oxygen atoms in total. The lowest BCUT2D eigenvalue weighted by Crippen LogP contribution is -2.21. The summed E-state index contributed by atoms with van der Waals surface area (Å²) in [6, 6.07) is 11.4. The molecule has 1 aromatic heterocycles. The Kier molecular flexibility index (Phi) is 4.61. The van der Waals surface area contributed by atoms with E-state index in [0.29, 0.717) is 6.04 Å². The van der Waals surface area contributed by atoms with Crippen molar-refractivity contribution in [1.82, 2.24) is 5.32 Å². The molecule has 0 aliphatic rings. The van der Waals surface area contributed by atoms with E-state index >= 15 is 0 Å². The van der Waals surface area contributed by atoms with Crippen LogP contribution in [0.3, 0.4) is 0 Å². The first kappa shape index (κ1) is 14.1. The summed E-state index contributed by atoms with van der Waals surface area (Å²) in [5, 5.41) is 5.33. The number of hydrogen-bond donors (Lipinski definition) is 1. The Morgan fingerprint density at radius 2 is 2.11 bits per heavy atom. The molecule has 1 atom stereocenters. The van der Waals surface area contributed by atoms with E-state index in [0.717, 1.165) is 6.54 Å². The highest BCUT2D eigenvalue weighted by Crippen LogP contribution is 2.30. The van der Waals surface area contributed by atoms with Gasteiger partial charge in [0.2, 0.25) is 0 Å². The topological polar surface area (TPSA) is 15.3 Å². The van der Waals surface area contributed by atoms with Crippen molar-refractivity contribution in [3.8, 4) is 0 Å². The molecule has 1 unspecified atom stereocenters. The number of nitrogens with zero attached hydrogens (tertiary/aromatic N) is 1. The van der Waals surface area contributed by atoms with Crippen molar-refractivity contribution in [1.29, 1.82) is 0 Å². The van der Waals surface area contributed by atoms with Gasteiger partial charge in [0, 0.05) is 24.2 Å². The van der Waals surface area contributed by atoms with Crippen molar-refractivity contribution >= 4 is 17.0 Å². The van der Waals surface area contributed by atoms with E-state index in [1.807, 2.05) is 18.4 Å². The van der Waals surface area contributed by atoms with Gasteiger partial charge in [-0.15, -0.1) is 11.3 Å². The quantitative estimate of drug-likeness (QED) is 0.887. The first-order chi connectivity index (χ1) is 9.13. The van der Waals surface area contributed by atoms with Gasteiger partial charge >= 0.3 is 0 Å². The van der Waals surface area contributed by atoms with Gasteiger partial charge < -0.3 is 10.2 Å². The molecule has 3 heteroatoms. The highest BCUT2D eigenvalue weighted by molar-refractivity contribution is 7.10. The molecule has 2 aromatic rings. The van der Waals surface area contributed by atoms with Gasteiger partial charge in [-0.05, 0) is 49.5 Å². The second-order valence-corrected chi connectivity index (χ2v) is 5.93. The van der Waals surface area contributed by atoms with E-state index in [2.05, 4.69) is 66.8 Å². The number of aryl methyl sites for hydroxylation is 1. The number of anilines is 1. The smallest absolute Gasteiger partial charge is 0.0603 e. The van der Waals surface area contributed by atoms with Crippen LogP contribution in [0.2, 0.25) is 0 Å². The zero-order chi connectivity index (χ0) is 13.8. The summed E-state index contributed by atoms with van der Waals surface area (Å²) in [6.07, 6.45) is 0. The van der Waals surface area contributed by atoms with Crippen LogP contribution in [0.4, 0.5) is 5.69 Å². The molecule has 0 bridgehead atoms. The lowest BCUT2D eigenvalue weighted by atomic mass is 10.1. The molecule has 0 amide bonds. The van der Waals surface area contributed by atoms with Crippen LogP contribution in [0.15, 0.2) is 35.7 Å². The van der Waals surface area contributed by atoms with Crippen molar-refractivity contribution in [2.75, 3.05) is 19.0 Å². The molecule has 1 N–H and O–H groups in total. The molecule has 2 rings (SSSR count).